The lowest BCUT2D eigenvalue weighted by atomic mass is 9.85. The zero-order chi connectivity index (χ0) is 31.0. The third-order valence-electron chi connectivity index (χ3n) is 6.84. The molecule has 11 heteroatoms. The van der Waals surface area contributed by atoms with Gasteiger partial charge in [0.15, 0.2) is 18.3 Å². The van der Waals surface area contributed by atoms with Gasteiger partial charge in [0.25, 0.3) is 0 Å². The summed E-state index contributed by atoms with van der Waals surface area (Å²) in [4.78, 5) is 27.9. The van der Waals surface area contributed by atoms with Crippen LogP contribution in [0.15, 0.2) is 49.1 Å². The highest BCUT2D eigenvalue weighted by atomic mass is 16.7. The van der Waals surface area contributed by atoms with Crippen LogP contribution in [0, 0.1) is 6.92 Å². The van der Waals surface area contributed by atoms with E-state index >= 15 is 0 Å². The number of nitrogens with zero attached hydrogens (tertiary/aromatic N) is 1. The van der Waals surface area contributed by atoms with E-state index < -0.39 is 41.9 Å². The van der Waals surface area contributed by atoms with E-state index in [1.54, 1.807) is 32.9 Å². The predicted octanol–water partition coefficient (Wildman–Crippen LogP) is 4.54. The van der Waals surface area contributed by atoms with Crippen molar-refractivity contribution in [3.8, 4) is 17.2 Å². The Labute approximate surface area is 247 Å². The first-order chi connectivity index (χ1) is 19.9. The van der Waals surface area contributed by atoms with Crippen LogP contribution in [0.1, 0.15) is 43.4 Å². The molecule has 230 valence electrons. The Kier molecular flexibility index (Phi) is 11.1. The maximum atomic E-state index is 13.5. The van der Waals surface area contributed by atoms with E-state index in [0.717, 1.165) is 5.56 Å². The summed E-state index contributed by atoms with van der Waals surface area (Å²) in [5.74, 6) is 0.554. The molecule has 3 rings (SSSR count). The van der Waals surface area contributed by atoms with Gasteiger partial charge in [0, 0.05) is 24.2 Å². The molecule has 1 saturated heterocycles. The van der Waals surface area contributed by atoms with E-state index in [4.69, 9.17) is 28.4 Å². The molecule has 2 aromatic rings. The van der Waals surface area contributed by atoms with Gasteiger partial charge in [-0.25, -0.2) is 9.59 Å². The molecule has 2 amide bonds. The molecule has 1 aliphatic rings. The lowest BCUT2D eigenvalue weighted by Gasteiger charge is -2.35. The standard InChI is InChI=1S/C31H42N2O9/c1-9-21(22-15-24(38-7)19(2)27(39-8)28(22)41-18-37-6)26-25(23(34)16-33(26)30(36)42-31(3,4)5)32-29(35)40-17-20-13-11-10-12-14-20/h9-15,21,23,25-26,34H,1,16-18H2,2-8H3,(H,32,35)/t21?,23-,25+,26?/m1/s1. The van der Waals surface area contributed by atoms with Gasteiger partial charge in [-0.3, -0.25) is 4.90 Å². The van der Waals surface area contributed by atoms with E-state index in [9.17, 15) is 14.7 Å². The number of alkyl carbamates (subject to hydrolysis) is 1. The van der Waals surface area contributed by atoms with Crippen LogP contribution in [0.4, 0.5) is 9.59 Å². The van der Waals surface area contributed by atoms with Gasteiger partial charge in [0.1, 0.15) is 18.0 Å². The van der Waals surface area contributed by atoms with Crippen LogP contribution < -0.4 is 19.5 Å². The van der Waals surface area contributed by atoms with Crippen molar-refractivity contribution < 1.29 is 43.1 Å². The number of carbonyl (C=O) groups excluding carboxylic acids is 2. The van der Waals surface area contributed by atoms with Crippen molar-refractivity contribution in [1.29, 1.82) is 0 Å². The smallest absolute Gasteiger partial charge is 0.410 e. The molecule has 2 N–H and O–H groups in total. The molecule has 42 heavy (non-hydrogen) atoms. The van der Waals surface area contributed by atoms with Crippen LogP contribution in [0.25, 0.3) is 0 Å². The predicted molar refractivity (Wildman–Crippen MR) is 156 cm³/mol. The van der Waals surface area contributed by atoms with Crippen LogP contribution in [0.5, 0.6) is 17.2 Å². The van der Waals surface area contributed by atoms with Crippen molar-refractivity contribution in [2.75, 3.05) is 34.7 Å². The number of benzene rings is 2. The average Bonchev–Trinajstić information content (AvgIpc) is 3.27. The van der Waals surface area contributed by atoms with E-state index in [2.05, 4.69) is 11.9 Å². The highest BCUT2D eigenvalue weighted by Gasteiger charge is 2.50. The fourth-order valence-electron chi connectivity index (χ4n) is 5.03. The van der Waals surface area contributed by atoms with Gasteiger partial charge in [-0.2, -0.15) is 0 Å². The molecule has 0 saturated carbocycles. The summed E-state index contributed by atoms with van der Waals surface area (Å²) in [5.41, 5.74) is 1.22. The second-order valence-electron chi connectivity index (χ2n) is 10.9. The number of aliphatic hydroxyl groups excluding tert-OH is 1. The molecular weight excluding hydrogens is 544 g/mol. The minimum atomic E-state index is -1.15. The lowest BCUT2D eigenvalue weighted by molar-refractivity contribution is 0.0189. The summed E-state index contributed by atoms with van der Waals surface area (Å²) in [7, 11) is 4.53. The minimum absolute atomic E-state index is 0.0299. The fraction of sp³-hybridized carbons (Fsp3) is 0.484. The Hall–Kier alpha value is -3.96. The van der Waals surface area contributed by atoms with Gasteiger partial charge in [0.2, 0.25) is 0 Å². The second-order valence-corrected chi connectivity index (χ2v) is 10.9. The van der Waals surface area contributed by atoms with E-state index in [-0.39, 0.29) is 19.9 Å². The second kappa shape index (κ2) is 14.3. The Morgan fingerprint density at radius 3 is 2.40 bits per heavy atom. The molecule has 1 fully saturated rings. The van der Waals surface area contributed by atoms with Gasteiger partial charge in [0.05, 0.1) is 39.0 Å². The zero-order valence-corrected chi connectivity index (χ0v) is 25.3. The summed E-state index contributed by atoms with van der Waals surface area (Å²) in [6.07, 6.45) is -0.943. The van der Waals surface area contributed by atoms with Crippen molar-refractivity contribution >= 4 is 12.2 Å². The highest BCUT2D eigenvalue weighted by molar-refractivity contribution is 5.72. The number of β-amino-alcohol motifs (C(OH)–C–C–N with tert-alkyl or cyclic N) is 1. The first kappa shape index (κ1) is 32.6. The third kappa shape index (κ3) is 7.65. The summed E-state index contributed by atoms with van der Waals surface area (Å²) < 4.78 is 33.6. The van der Waals surface area contributed by atoms with Crippen molar-refractivity contribution in [3.63, 3.8) is 0 Å². The van der Waals surface area contributed by atoms with Crippen LogP contribution in [-0.2, 0) is 20.8 Å². The van der Waals surface area contributed by atoms with Crippen LogP contribution in [-0.4, -0.2) is 80.6 Å². The Bertz CT molecular complexity index is 1230. The third-order valence-corrected chi connectivity index (χ3v) is 6.84. The van der Waals surface area contributed by atoms with Crippen molar-refractivity contribution in [2.45, 2.75) is 64.0 Å². The van der Waals surface area contributed by atoms with Crippen LogP contribution in [0.2, 0.25) is 0 Å². The summed E-state index contributed by atoms with van der Waals surface area (Å²) in [6, 6.07) is 9.15. The van der Waals surface area contributed by atoms with Gasteiger partial charge in [-0.05, 0) is 39.3 Å². The molecule has 0 spiro atoms. The Morgan fingerprint density at radius 2 is 1.83 bits per heavy atom. The number of hydrogen-bond donors (Lipinski definition) is 2. The molecule has 0 radical (unpaired) electrons. The van der Waals surface area contributed by atoms with Gasteiger partial charge >= 0.3 is 12.2 Å². The number of rotatable bonds is 11. The van der Waals surface area contributed by atoms with E-state index in [0.29, 0.717) is 28.4 Å². The summed E-state index contributed by atoms with van der Waals surface area (Å²) >= 11 is 0. The SMILES string of the molecule is C=CC(c1cc(OC)c(C)c(OC)c1OCOC)C1[C@@H](NC(=O)OCc2ccccc2)[C@H](O)CN1C(=O)OC(C)(C)C. The number of aliphatic hydroxyl groups is 1. The van der Waals surface area contributed by atoms with E-state index in [1.807, 2.05) is 37.3 Å². The zero-order valence-electron chi connectivity index (χ0n) is 25.3. The molecule has 0 aliphatic carbocycles. The van der Waals surface area contributed by atoms with Crippen molar-refractivity contribution in [2.24, 2.45) is 0 Å². The topological polar surface area (TPSA) is 125 Å². The molecular formula is C31H42N2O9. The lowest BCUT2D eigenvalue weighted by Crippen LogP contribution is -2.52. The Balaban J connectivity index is 2.08. The number of hydrogen-bond acceptors (Lipinski definition) is 9. The van der Waals surface area contributed by atoms with Gasteiger partial charge < -0.3 is 38.8 Å². The molecule has 2 unspecified atom stereocenters. The largest absolute Gasteiger partial charge is 0.496 e. The average molecular weight is 587 g/mol. The quantitative estimate of drug-likeness (QED) is 0.288. The van der Waals surface area contributed by atoms with Gasteiger partial charge in [-0.1, -0.05) is 36.4 Å². The maximum absolute atomic E-state index is 13.5. The number of amides is 2. The number of methoxy groups -OCH3 is 3. The highest BCUT2D eigenvalue weighted by Crippen LogP contribution is 2.46. The fourth-order valence-corrected chi connectivity index (χ4v) is 5.03. The molecule has 2 aromatic carbocycles. The molecule has 4 atom stereocenters. The Morgan fingerprint density at radius 1 is 1.14 bits per heavy atom. The first-order valence-electron chi connectivity index (χ1n) is 13.6. The summed E-state index contributed by atoms with van der Waals surface area (Å²) in [6.45, 7) is 11.0. The number of ether oxygens (including phenoxy) is 6. The molecule has 11 nitrogen and oxygen atoms in total. The maximum Gasteiger partial charge on any atom is 0.410 e. The first-order valence-corrected chi connectivity index (χ1v) is 13.6. The van der Waals surface area contributed by atoms with Crippen LogP contribution >= 0.6 is 0 Å². The van der Waals surface area contributed by atoms with Crippen molar-refractivity contribution in [1.82, 2.24) is 10.2 Å². The molecule has 1 aliphatic heterocycles. The summed E-state index contributed by atoms with van der Waals surface area (Å²) in [5, 5.41) is 14.0. The van der Waals surface area contributed by atoms with Gasteiger partial charge in [-0.15, -0.1) is 6.58 Å². The van der Waals surface area contributed by atoms with Crippen LogP contribution in [0.3, 0.4) is 0 Å². The number of likely N-dealkylation sites (tertiary alicyclic amines) is 1. The molecule has 0 aromatic heterocycles. The monoisotopic (exact) mass is 586 g/mol. The molecule has 1 heterocycles. The minimum Gasteiger partial charge on any atom is -0.496 e. The number of carbonyl (C=O) groups is 2. The van der Waals surface area contributed by atoms with Crippen molar-refractivity contribution in [3.05, 3.63) is 65.7 Å². The van der Waals surface area contributed by atoms with E-state index in [1.165, 1.54) is 26.2 Å². The normalized spacial score (nSPS) is 19.0. The number of nitrogens with one attached hydrogen (secondary N) is 1. The molecule has 0 bridgehead atoms.